The molecule has 6 nitrogen and oxygen atoms in total. The Hall–Kier alpha value is -2.58. The highest BCUT2D eigenvalue weighted by molar-refractivity contribution is 9.10. The van der Waals surface area contributed by atoms with Gasteiger partial charge in [-0.25, -0.2) is 4.99 Å². The van der Waals surface area contributed by atoms with Gasteiger partial charge in [0.25, 0.3) is 5.91 Å². The Morgan fingerprint density at radius 1 is 1.22 bits per heavy atom. The fraction of sp³-hybridized carbons (Fsp3) is 0.105. The molecule has 2 N–H and O–H groups in total. The van der Waals surface area contributed by atoms with Crippen LogP contribution in [0.1, 0.15) is 12.0 Å². The number of nitrogens with one attached hydrogen (secondary N) is 1. The third-order valence-corrected chi connectivity index (χ3v) is 4.93. The van der Waals surface area contributed by atoms with E-state index in [9.17, 15) is 9.59 Å². The van der Waals surface area contributed by atoms with Crippen LogP contribution in [0.4, 0.5) is 5.69 Å². The molecule has 0 bridgehead atoms. The van der Waals surface area contributed by atoms with E-state index in [4.69, 9.17) is 9.84 Å². The molecule has 138 valence electrons. The van der Waals surface area contributed by atoms with Gasteiger partial charge in [-0.1, -0.05) is 34.1 Å². The van der Waals surface area contributed by atoms with E-state index >= 15 is 0 Å². The van der Waals surface area contributed by atoms with Crippen molar-refractivity contribution in [3.63, 3.8) is 0 Å². The van der Waals surface area contributed by atoms with E-state index in [1.807, 2.05) is 30.3 Å². The first-order valence-corrected chi connectivity index (χ1v) is 9.61. The number of thioether (sulfide) groups is 1. The molecule has 0 aromatic heterocycles. The van der Waals surface area contributed by atoms with Crippen LogP contribution in [-0.2, 0) is 9.59 Å². The standard InChI is InChI=1S/C19H15BrN2O4S/c20-13-5-7-14(8-6-13)21-19-22-18(25)16(27-19)11-12-3-1-2-4-15(12)26-10-9-17(23)24/h1-8,11H,9-10H2,(H,23,24)(H,21,22,25)/b16-11+. The van der Waals surface area contributed by atoms with E-state index in [0.29, 0.717) is 21.4 Å². The highest BCUT2D eigenvalue weighted by Gasteiger charge is 2.24. The molecule has 1 aliphatic rings. The number of amides is 1. The Kier molecular flexibility index (Phi) is 6.31. The van der Waals surface area contributed by atoms with Gasteiger partial charge in [0.15, 0.2) is 5.17 Å². The van der Waals surface area contributed by atoms with Crippen molar-refractivity contribution in [3.8, 4) is 5.75 Å². The number of para-hydroxylation sites is 1. The van der Waals surface area contributed by atoms with Crippen molar-refractivity contribution in [1.82, 2.24) is 5.32 Å². The molecule has 0 unspecified atom stereocenters. The van der Waals surface area contributed by atoms with Crippen molar-refractivity contribution >= 4 is 56.5 Å². The van der Waals surface area contributed by atoms with Gasteiger partial charge >= 0.3 is 5.97 Å². The third kappa shape index (κ3) is 5.45. The zero-order valence-electron chi connectivity index (χ0n) is 14.0. The molecule has 8 heteroatoms. The monoisotopic (exact) mass is 446 g/mol. The average Bonchev–Trinajstić information content (AvgIpc) is 2.97. The van der Waals surface area contributed by atoms with Crippen LogP contribution in [0.15, 0.2) is 62.9 Å². The number of amidine groups is 1. The van der Waals surface area contributed by atoms with Gasteiger partial charge in [0.05, 0.1) is 23.6 Å². The predicted octanol–water partition coefficient (Wildman–Crippen LogP) is 4.19. The smallest absolute Gasteiger partial charge is 0.306 e. The SMILES string of the molecule is O=C(O)CCOc1ccccc1/C=C1/SC(=Nc2ccc(Br)cc2)NC1=O. The van der Waals surface area contributed by atoms with Crippen molar-refractivity contribution in [3.05, 3.63) is 63.5 Å². The van der Waals surface area contributed by atoms with Gasteiger partial charge in [0.2, 0.25) is 0 Å². The van der Waals surface area contributed by atoms with E-state index in [1.165, 1.54) is 11.8 Å². The van der Waals surface area contributed by atoms with Crippen molar-refractivity contribution in [2.45, 2.75) is 6.42 Å². The largest absolute Gasteiger partial charge is 0.492 e. The number of carboxylic acid groups (broad SMARTS) is 1. The molecule has 0 atom stereocenters. The summed E-state index contributed by atoms with van der Waals surface area (Å²) < 4.78 is 6.48. The van der Waals surface area contributed by atoms with Gasteiger partial charge in [-0.05, 0) is 48.2 Å². The van der Waals surface area contributed by atoms with Crippen molar-refractivity contribution < 1.29 is 19.4 Å². The molecule has 3 rings (SSSR count). The lowest BCUT2D eigenvalue weighted by atomic mass is 10.2. The summed E-state index contributed by atoms with van der Waals surface area (Å²) in [4.78, 5) is 27.8. The third-order valence-electron chi connectivity index (χ3n) is 3.49. The van der Waals surface area contributed by atoms with Gasteiger partial charge in [-0.15, -0.1) is 0 Å². The molecule has 1 heterocycles. The molecule has 0 saturated carbocycles. The number of hydrogen-bond donors (Lipinski definition) is 2. The number of benzene rings is 2. The van der Waals surface area contributed by atoms with E-state index < -0.39 is 5.97 Å². The molecule has 1 aliphatic heterocycles. The topological polar surface area (TPSA) is 88.0 Å². The number of aliphatic imine (C=N–C) groups is 1. The van der Waals surface area contributed by atoms with Crippen molar-refractivity contribution in [1.29, 1.82) is 0 Å². The fourth-order valence-corrected chi connectivity index (χ4v) is 3.33. The quantitative estimate of drug-likeness (QED) is 0.649. The Labute approximate surface area is 168 Å². The number of carboxylic acids is 1. The summed E-state index contributed by atoms with van der Waals surface area (Å²) in [6, 6.07) is 14.6. The molecule has 0 aliphatic carbocycles. The number of hydrogen-bond acceptors (Lipinski definition) is 5. The maximum absolute atomic E-state index is 12.2. The minimum atomic E-state index is -0.926. The second-order valence-corrected chi connectivity index (χ2v) is 7.43. The zero-order valence-corrected chi connectivity index (χ0v) is 16.4. The van der Waals surface area contributed by atoms with Crippen LogP contribution in [0.3, 0.4) is 0 Å². The summed E-state index contributed by atoms with van der Waals surface area (Å²) in [5.41, 5.74) is 1.44. The van der Waals surface area contributed by atoms with E-state index in [0.717, 1.165) is 10.2 Å². The van der Waals surface area contributed by atoms with Crippen LogP contribution in [0.5, 0.6) is 5.75 Å². The minimum absolute atomic E-state index is 0.0606. The first-order valence-electron chi connectivity index (χ1n) is 8.00. The van der Waals surface area contributed by atoms with Gasteiger partial charge in [0.1, 0.15) is 5.75 Å². The molecule has 27 heavy (non-hydrogen) atoms. The Bertz CT molecular complexity index is 926. The van der Waals surface area contributed by atoms with Crippen LogP contribution >= 0.6 is 27.7 Å². The lowest BCUT2D eigenvalue weighted by Crippen LogP contribution is -2.19. The number of rotatable bonds is 6. The normalized spacial score (nSPS) is 16.6. The maximum atomic E-state index is 12.2. The zero-order chi connectivity index (χ0) is 19.2. The second-order valence-electron chi connectivity index (χ2n) is 5.49. The minimum Gasteiger partial charge on any atom is -0.492 e. The Balaban J connectivity index is 1.76. The molecule has 1 fully saturated rings. The van der Waals surface area contributed by atoms with Crippen LogP contribution in [0, 0.1) is 0 Å². The summed E-state index contributed by atoms with van der Waals surface area (Å²) in [5, 5.41) is 12.0. The highest BCUT2D eigenvalue weighted by atomic mass is 79.9. The van der Waals surface area contributed by atoms with Crippen molar-refractivity contribution in [2.75, 3.05) is 6.61 Å². The summed E-state index contributed by atoms with van der Waals surface area (Å²) in [7, 11) is 0. The number of aliphatic carboxylic acids is 1. The lowest BCUT2D eigenvalue weighted by Gasteiger charge is -2.08. The fourth-order valence-electron chi connectivity index (χ4n) is 2.23. The number of ether oxygens (including phenoxy) is 1. The molecule has 0 radical (unpaired) electrons. The molecular weight excluding hydrogens is 432 g/mol. The summed E-state index contributed by atoms with van der Waals surface area (Å²) in [5.74, 6) is -0.639. The van der Waals surface area contributed by atoms with Crippen LogP contribution in [-0.4, -0.2) is 28.8 Å². The Morgan fingerprint density at radius 2 is 1.96 bits per heavy atom. The molecule has 0 spiro atoms. The van der Waals surface area contributed by atoms with Crippen LogP contribution < -0.4 is 10.1 Å². The first-order chi connectivity index (χ1) is 13.0. The molecule has 2 aromatic carbocycles. The second kappa shape index (κ2) is 8.88. The van der Waals surface area contributed by atoms with Gasteiger partial charge in [-0.2, -0.15) is 0 Å². The predicted molar refractivity (Wildman–Crippen MR) is 109 cm³/mol. The summed E-state index contributed by atoms with van der Waals surface area (Å²) in [6.45, 7) is 0.0606. The maximum Gasteiger partial charge on any atom is 0.306 e. The van der Waals surface area contributed by atoms with Gasteiger partial charge < -0.3 is 15.2 Å². The first kappa shape index (κ1) is 19.2. The van der Waals surface area contributed by atoms with Gasteiger partial charge in [0, 0.05) is 10.0 Å². The Morgan fingerprint density at radius 3 is 2.70 bits per heavy atom. The number of halogens is 1. The number of nitrogens with zero attached hydrogens (tertiary/aromatic N) is 1. The number of carbonyl (C=O) groups excluding carboxylic acids is 1. The van der Waals surface area contributed by atoms with Gasteiger partial charge in [-0.3, -0.25) is 9.59 Å². The lowest BCUT2D eigenvalue weighted by molar-refractivity contribution is -0.137. The van der Waals surface area contributed by atoms with E-state index in [-0.39, 0.29) is 18.9 Å². The van der Waals surface area contributed by atoms with Crippen LogP contribution in [0.25, 0.3) is 6.08 Å². The summed E-state index contributed by atoms with van der Waals surface area (Å²) in [6.07, 6.45) is 1.62. The van der Waals surface area contributed by atoms with E-state index in [1.54, 1.807) is 24.3 Å². The average molecular weight is 447 g/mol. The molecule has 1 amide bonds. The molecule has 2 aromatic rings. The van der Waals surface area contributed by atoms with Crippen LogP contribution in [0.2, 0.25) is 0 Å². The molecular formula is C19H15BrN2O4S. The summed E-state index contributed by atoms with van der Waals surface area (Å²) >= 11 is 4.61. The highest BCUT2D eigenvalue weighted by Crippen LogP contribution is 2.30. The van der Waals surface area contributed by atoms with E-state index in [2.05, 4.69) is 26.2 Å². The number of carbonyl (C=O) groups is 2. The van der Waals surface area contributed by atoms with Crippen molar-refractivity contribution in [2.24, 2.45) is 4.99 Å². The molecule has 1 saturated heterocycles.